The largest absolute Gasteiger partial charge is 0.494 e. The van der Waals surface area contributed by atoms with E-state index >= 15 is 0 Å². The molecule has 21 heavy (non-hydrogen) atoms. The first kappa shape index (κ1) is 15.0. The fraction of sp³-hybridized carbons (Fsp3) is 0.400. The summed E-state index contributed by atoms with van der Waals surface area (Å²) in [6.45, 7) is 3.33. The van der Waals surface area contributed by atoms with Gasteiger partial charge in [-0.1, -0.05) is 17.3 Å². The molecule has 2 rings (SSSR count). The summed E-state index contributed by atoms with van der Waals surface area (Å²) in [6, 6.07) is 7.93. The topological polar surface area (TPSA) is 77.2 Å². The molecule has 1 N–H and O–H groups in total. The predicted octanol–water partition coefficient (Wildman–Crippen LogP) is 2.07. The zero-order valence-electron chi connectivity index (χ0n) is 12.0. The Balaban J connectivity index is 1.70. The zero-order chi connectivity index (χ0) is 15.1. The minimum absolute atomic E-state index is 0.0785. The Labute approximate surface area is 123 Å². The van der Waals surface area contributed by atoms with Crippen LogP contribution in [-0.2, 0) is 17.8 Å². The molecule has 0 unspecified atom stereocenters. The minimum atomic E-state index is -0.823. The Morgan fingerprint density at radius 2 is 2.29 bits per heavy atom. The van der Waals surface area contributed by atoms with E-state index in [1.807, 2.05) is 31.2 Å². The van der Waals surface area contributed by atoms with Crippen LogP contribution >= 0.6 is 0 Å². The van der Waals surface area contributed by atoms with Crippen LogP contribution in [0.4, 0.5) is 0 Å². The summed E-state index contributed by atoms with van der Waals surface area (Å²) >= 11 is 0. The van der Waals surface area contributed by atoms with Gasteiger partial charge >= 0.3 is 5.97 Å². The third-order valence-corrected chi connectivity index (χ3v) is 2.97. The van der Waals surface area contributed by atoms with Gasteiger partial charge in [0.15, 0.2) is 0 Å². The molecular weight excluding hydrogens is 270 g/mol. The second kappa shape index (κ2) is 7.42. The molecule has 0 aliphatic heterocycles. The van der Waals surface area contributed by atoms with Crippen LogP contribution < -0.4 is 4.74 Å². The highest BCUT2D eigenvalue weighted by atomic mass is 16.5. The number of rotatable bonds is 8. The number of aromatic nitrogens is 3. The summed E-state index contributed by atoms with van der Waals surface area (Å²) in [5, 5.41) is 16.5. The van der Waals surface area contributed by atoms with Crippen molar-refractivity contribution in [3.05, 3.63) is 41.7 Å². The van der Waals surface area contributed by atoms with Gasteiger partial charge in [0.05, 0.1) is 18.7 Å². The maximum Gasteiger partial charge on any atom is 0.303 e. The summed E-state index contributed by atoms with van der Waals surface area (Å²) in [6.07, 6.45) is 3.09. The summed E-state index contributed by atoms with van der Waals surface area (Å²) in [4.78, 5) is 10.5. The van der Waals surface area contributed by atoms with E-state index in [0.717, 1.165) is 12.2 Å². The average molecular weight is 289 g/mol. The van der Waals surface area contributed by atoms with Crippen molar-refractivity contribution in [1.82, 2.24) is 15.0 Å². The zero-order valence-corrected chi connectivity index (χ0v) is 12.0. The molecule has 0 bridgehead atoms. The monoisotopic (exact) mass is 289 g/mol. The number of hydrogen-bond acceptors (Lipinski definition) is 4. The summed E-state index contributed by atoms with van der Waals surface area (Å²) in [5.74, 6) is 0.0480. The van der Waals surface area contributed by atoms with Gasteiger partial charge in [0.25, 0.3) is 0 Å². The highest BCUT2D eigenvalue weighted by Crippen LogP contribution is 2.12. The molecule has 0 atom stereocenters. The van der Waals surface area contributed by atoms with Crippen molar-refractivity contribution < 1.29 is 14.6 Å². The van der Waals surface area contributed by atoms with Gasteiger partial charge in [0.1, 0.15) is 5.75 Å². The van der Waals surface area contributed by atoms with E-state index in [-0.39, 0.29) is 6.42 Å². The molecule has 6 nitrogen and oxygen atoms in total. The summed E-state index contributed by atoms with van der Waals surface area (Å²) in [7, 11) is 0. The normalized spacial score (nSPS) is 10.5. The smallest absolute Gasteiger partial charge is 0.303 e. The van der Waals surface area contributed by atoms with E-state index < -0.39 is 5.97 Å². The molecule has 0 saturated heterocycles. The fourth-order valence-corrected chi connectivity index (χ4v) is 1.92. The molecule has 6 heteroatoms. The van der Waals surface area contributed by atoms with E-state index in [4.69, 9.17) is 9.84 Å². The maximum absolute atomic E-state index is 10.5. The molecular formula is C15H19N3O3. The minimum Gasteiger partial charge on any atom is -0.494 e. The summed E-state index contributed by atoms with van der Waals surface area (Å²) < 4.78 is 7.37. The molecule has 1 aromatic heterocycles. The number of carboxylic acid groups (broad SMARTS) is 1. The number of aryl methyl sites for hydroxylation is 3. The quantitative estimate of drug-likeness (QED) is 0.753. The van der Waals surface area contributed by atoms with E-state index in [1.54, 1.807) is 10.9 Å². The molecule has 0 fully saturated rings. The standard InChI is InChI=1S/C15H19N3O3/c1-12-4-2-5-14(10-12)21-9-3-8-18-11-13(16-17-18)6-7-15(19)20/h2,4-5,10-11H,3,6-9H2,1H3,(H,19,20). The van der Waals surface area contributed by atoms with Gasteiger partial charge in [-0.3, -0.25) is 9.48 Å². The number of ether oxygens (including phenoxy) is 1. The van der Waals surface area contributed by atoms with Gasteiger partial charge in [-0.15, -0.1) is 5.10 Å². The van der Waals surface area contributed by atoms with E-state index in [2.05, 4.69) is 10.3 Å². The van der Waals surface area contributed by atoms with Crippen LogP contribution in [0.5, 0.6) is 5.75 Å². The molecule has 0 aliphatic carbocycles. The van der Waals surface area contributed by atoms with Crippen molar-refractivity contribution in [2.24, 2.45) is 0 Å². The molecule has 1 aromatic carbocycles. The lowest BCUT2D eigenvalue weighted by molar-refractivity contribution is -0.136. The Bertz CT molecular complexity index is 595. The Kier molecular flexibility index (Phi) is 5.31. The van der Waals surface area contributed by atoms with Crippen LogP contribution in [-0.4, -0.2) is 32.7 Å². The Morgan fingerprint density at radius 3 is 3.05 bits per heavy atom. The highest BCUT2D eigenvalue weighted by Gasteiger charge is 2.04. The van der Waals surface area contributed by atoms with E-state index in [0.29, 0.717) is 25.3 Å². The third kappa shape index (κ3) is 5.25. The lowest BCUT2D eigenvalue weighted by Gasteiger charge is -2.06. The van der Waals surface area contributed by atoms with Crippen molar-refractivity contribution in [2.75, 3.05) is 6.61 Å². The van der Waals surface area contributed by atoms with Gasteiger partial charge in [0.2, 0.25) is 0 Å². The van der Waals surface area contributed by atoms with Crippen LogP contribution in [0.15, 0.2) is 30.5 Å². The number of carboxylic acids is 1. The molecule has 112 valence electrons. The molecule has 0 saturated carbocycles. The molecule has 0 spiro atoms. The van der Waals surface area contributed by atoms with Crippen molar-refractivity contribution in [2.45, 2.75) is 32.7 Å². The first-order chi connectivity index (χ1) is 10.1. The Morgan fingerprint density at radius 1 is 1.43 bits per heavy atom. The second-order valence-corrected chi connectivity index (χ2v) is 4.89. The number of hydrogen-bond donors (Lipinski definition) is 1. The average Bonchev–Trinajstić information content (AvgIpc) is 2.89. The first-order valence-electron chi connectivity index (χ1n) is 6.94. The van der Waals surface area contributed by atoms with Crippen LogP contribution in [0, 0.1) is 6.92 Å². The first-order valence-corrected chi connectivity index (χ1v) is 6.94. The highest BCUT2D eigenvalue weighted by molar-refractivity contribution is 5.66. The van der Waals surface area contributed by atoms with Gasteiger partial charge in [-0.05, 0) is 24.6 Å². The maximum atomic E-state index is 10.5. The van der Waals surface area contributed by atoms with Gasteiger partial charge in [-0.2, -0.15) is 0 Å². The Hall–Kier alpha value is -2.37. The fourth-order valence-electron chi connectivity index (χ4n) is 1.92. The van der Waals surface area contributed by atoms with E-state index in [1.165, 1.54) is 5.56 Å². The number of carbonyl (C=O) groups is 1. The summed E-state index contributed by atoms with van der Waals surface area (Å²) in [5.41, 5.74) is 1.88. The molecule has 1 heterocycles. The third-order valence-electron chi connectivity index (χ3n) is 2.97. The SMILES string of the molecule is Cc1cccc(OCCCn2cc(CCC(=O)O)nn2)c1. The number of nitrogens with zero attached hydrogens (tertiary/aromatic N) is 3. The van der Waals surface area contributed by atoms with Crippen molar-refractivity contribution >= 4 is 5.97 Å². The second-order valence-electron chi connectivity index (χ2n) is 4.89. The van der Waals surface area contributed by atoms with Crippen LogP contribution in [0.3, 0.4) is 0 Å². The number of benzene rings is 1. The van der Waals surface area contributed by atoms with Crippen LogP contribution in [0.2, 0.25) is 0 Å². The van der Waals surface area contributed by atoms with Crippen molar-refractivity contribution in [3.8, 4) is 5.75 Å². The van der Waals surface area contributed by atoms with E-state index in [9.17, 15) is 4.79 Å². The van der Waals surface area contributed by atoms with Gasteiger partial charge in [-0.25, -0.2) is 0 Å². The molecule has 0 aliphatic rings. The number of aliphatic carboxylic acids is 1. The van der Waals surface area contributed by atoms with Gasteiger partial charge < -0.3 is 9.84 Å². The lowest BCUT2D eigenvalue weighted by atomic mass is 10.2. The molecule has 0 amide bonds. The molecule has 0 radical (unpaired) electrons. The van der Waals surface area contributed by atoms with Crippen LogP contribution in [0.1, 0.15) is 24.1 Å². The van der Waals surface area contributed by atoms with Crippen LogP contribution in [0.25, 0.3) is 0 Å². The van der Waals surface area contributed by atoms with Crippen molar-refractivity contribution in [1.29, 1.82) is 0 Å². The molecule has 2 aromatic rings. The lowest BCUT2D eigenvalue weighted by Crippen LogP contribution is -2.05. The predicted molar refractivity (Wildman–Crippen MR) is 77.3 cm³/mol. The van der Waals surface area contributed by atoms with Crippen molar-refractivity contribution in [3.63, 3.8) is 0 Å². The van der Waals surface area contributed by atoms with Gasteiger partial charge in [0, 0.05) is 25.6 Å².